The molecule has 1 fully saturated rings. The summed E-state index contributed by atoms with van der Waals surface area (Å²) in [5.74, 6) is 1.84. The molecular weight excluding hydrogens is 212 g/mol. The van der Waals surface area contributed by atoms with Crippen molar-refractivity contribution < 1.29 is 0 Å². The number of hydrogen-bond donors (Lipinski definition) is 1. The molecule has 0 aliphatic heterocycles. The van der Waals surface area contributed by atoms with E-state index in [1.807, 2.05) is 4.68 Å². The molecule has 2 unspecified atom stereocenters. The van der Waals surface area contributed by atoms with Crippen molar-refractivity contribution in [2.24, 2.45) is 11.7 Å². The van der Waals surface area contributed by atoms with Gasteiger partial charge in [0.2, 0.25) is 0 Å². The number of nitrogens with zero attached hydrogens (tertiary/aromatic N) is 3. The Morgan fingerprint density at radius 3 is 2.94 bits per heavy atom. The lowest BCUT2D eigenvalue weighted by Crippen LogP contribution is -2.40. The number of rotatable bonds is 4. The molecule has 1 saturated carbocycles. The van der Waals surface area contributed by atoms with Crippen molar-refractivity contribution in [3.63, 3.8) is 0 Å². The van der Waals surface area contributed by atoms with Crippen LogP contribution in [0.3, 0.4) is 0 Å². The van der Waals surface area contributed by atoms with Crippen LogP contribution in [0, 0.1) is 5.92 Å². The maximum absolute atomic E-state index is 6.50. The molecule has 1 aromatic rings. The van der Waals surface area contributed by atoms with E-state index in [-0.39, 0.29) is 5.54 Å². The molecule has 0 aromatic carbocycles. The highest BCUT2D eigenvalue weighted by molar-refractivity contribution is 5.02. The molecule has 1 aliphatic carbocycles. The van der Waals surface area contributed by atoms with E-state index in [1.54, 1.807) is 6.33 Å². The molecule has 1 aliphatic rings. The van der Waals surface area contributed by atoms with Crippen molar-refractivity contribution in [1.82, 2.24) is 14.8 Å². The van der Waals surface area contributed by atoms with Crippen molar-refractivity contribution in [3.8, 4) is 0 Å². The summed E-state index contributed by atoms with van der Waals surface area (Å²) in [5.41, 5.74) is 6.45. The van der Waals surface area contributed by atoms with Crippen molar-refractivity contribution in [3.05, 3.63) is 12.2 Å². The minimum atomic E-state index is -0.0552. The lowest BCUT2D eigenvalue weighted by atomic mass is 9.92. The Morgan fingerprint density at radius 1 is 1.59 bits per heavy atom. The lowest BCUT2D eigenvalue weighted by Gasteiger charge is -2.24. The van der Waals surface area contributed by atoms with E-state index >= 15 is 0 Å². The molecule has 1 aromatic heterocycles. The first-order valence-corrected chi connectivity index (χ1v) is 6.71. The highest BCUT2D eigenvalue weighted by Crippen LogP contribution is 2.36. The molecule has 0 spiro atoms. The highest BCUT2D eigenvalue weighted by Gasteiger charge is 2.36. The van der Waals surface area contributed by atoms with Crippen LogP contribution in [0.1, 0.15) is 58.3 Å². The van der Waals surface area contributed by atoms with Gasteiger partial charge >= 0.3 is 0 Å². The molecule has 0 amide bonds. The molecule has 2 atom stereocenters. The van der Waals surface area contributed by atoms with Gasteiger partial charge in [-0.05, 0) is 39.0 Å². The fraction of sp³-hybridized carbons (Fsp3) is 0.846. The molecule has 17 heavy (non-hydrogen) atoms. The van der Waals surface area contributed by atoms with Crippen LogP contribution in [0.15, 0.2) is 6.33 Å². The smallest absolute Gasteiger partial charge is 0.138 e. The SMILES string of the molecule is CCC1CCC(N)(Cc2ncnn2C(C)C)C1. The second kappa shape index (κ2) is 4.77. The zero-order valence-corrected chi connectivity index (χ0v) is 11.2. The Hall–Kier alpha value is -0.900. The van der Waals surface area contributed by atoms with Crippen molar-refractivity contribution in [1.29, 1.82) is 0 Å². The molecular formula is C13H24N4. The molecule has 1 heterocycles. The Bertz CT molecular complexity index is 371. The summed E-state index contributed by atoms with van der Waals surface area (Å²) in [6, 6.07) is 0.361. The highest BCUT2D eigenvalue weighted by atomic mass is 15.3. The van der Waals surface area contributed by atoms with Crippen LogP contribution >= 0.6 is 0 Å². The van der Waals surface area contributed by atoms with E-state index in [1.165, 1.54) is 12.8 Å². The maximum Gasteiger partial charge on any atom is 0.138 e. The predicted octanol–water partition coefficient (Wildman–Crippen LogP) is 2.31. The van der Waals surface area contributed by atoms with Gasteiger partial charge < -0.3 is 5.73 Å². The first-order chi connectivity index (χ1) is 8.04. The van der Waals surface area contributed by atoms with Crippen LogP contribution in [-0.2, 0) is 6.42 Å². The number of nitrogens with two attached hydrogens (primary N) is 1. The molecule has 4 heteroatoms. The topological polar surface area (TPSA) is 56.7 Å². The standard InChI is InChI=1S/C13H24N4/c1-4-11-5-6-13(14,7-11)8-12-15-9-16-17(12)10(2)3/h9-11H,4-8,14H2,1-3H3. The van der Waals surface area contributed by atoms with E-state index in [0.29, 0.717) is 6.04 Å². The first-order valence-electron chi connectivity index (χ1n) is 6.71. The van der Waals surface area contributed by atoms with Gasteiger partial charge in [0, 0.05) is 18.0 Å². The van der Waals surface area contributed by atoms with Gasteiger partial charge in [-0.25, -0.2) is 9.67 Å². The number of hydrogen-bond acceptors (Lipinski definition) is 3. The summed E-state index contributed by atoms with van der Waals surface area (Å²) in [6.45, 7) is 6.52. The van der Waals surface area contributed by atoms with E-state index in [4.69, 9.17) is 5.73 Å². The zero-order valence-electron chi connectivity index (χ0n) is 11.2. The van der Waals surface area contributed by atoms with Gasteiger partial charge in [0.15, 0.2) is 0 Å². The van der Waals surface area contributed by atoms with Gasteiger partial charge in [0.25, 0.3) is 0 Å². The maximum atomic E-state index is 6.50. The fourth-order valence-electron chi connectivity index (χ4n) is 2.93. The zero-order chi connectivity index (χ0) is 12.5. The Kier molecular flexibility index (Phi) is 3.52. The average Bonchev–Trinajstić information content (AvgIpc) is 2.85. The predicted molar refractivity (Wildman–Crippen MR) is 68.7 cm³/mol. The van der Waals surface area contributed by atoms with Crippen LogP contribution in [0.2, 0.25) is 0 Å². The Morgan fingerprint density at radius 2 is 2.35 bits per heavy atom. The van der Waals surface area contributed by atoms with E-state index < -0.39 is 0 Å². The van der Waals surface area contributed by atoms with Crippen LogP contribution in [0.5, 0.6) is 0 Å². The first kappa shape index (κ1) is 12.6. The average molecular weight is 236 g/mol. The van der Waals surface area contributed by atoms with Gasteiger partial charge in [-0.3, -0.25) is 0 Å². The van der Waals surface area contributed by atoms with Crippen LogP contribution in [-0.4, -0.2) is 20.3 Å². The molecule has 96 valence electrons. The summed E-state index contributed by atoms with van der Waals surface area (Å²) in [5, 5.41) is 4.28. The van der Waals surface area contributed by atoms with Gasteiger partial charge in [0.05, 0.1) is 0 Å². The molecule has 0 saturated heterocycles. The summed E-state index contributed by atoms with van der Waals surface area (Å²) in [7, 11) is 0. The molecule has 2 rings (SSSR count). The second-order valence-corrected chi connectivity index (χ2v) is 5.77. The monoisotopic (exact) mass is 236 g/mol. The Labute approximate surface area is 104 Å². The molecule has 0 radical (unpaired) electrons. The van der Waals surface area contributed by atoms with E-state index in [0.717, 1.165) is 31.0 Å². The van der Waals surface area contributed by atoms with Gasteiger partial charge in [-0.1, -0.05) is 13.3 Å². The van der Waals surface area contributed by atoms with Crippen molar-refractivity contribution in [2.45, 2.75) is 64.5 Å². The quantitative estimate of drug-likeness (QED) is 0.872. The molecule has 2 N–H and O–H groups in total. The van der Waals surface area contributed by atoms with Crippen molar-refractivity contribution >= 4 is 0 Å². The summed E-state index contributed by atoms with van der Waals surface area (Å²) in [6.07, 6.45) is 7.27. The fourth-order valence-corrected chi connectivity index (χ4v) is 2.93. The Balaban J connectivity index is 2.08. The molecule has 4 nitrogen and oxygen atoms in total. The minimum Gasteiger partial charge on any atom is -0.325 e. The third kappa shape index (κ3) is 2.68. The molecule has 0 bridgehead atoms. The van der Waals surface area contributed by atoms with Gasteiger partial charge in [-0.2, -0.15) is 5.10 Å². The number of aromatic nitrogens is 3. The van der Waals surface area contributed by atoms with Gasteiger partial charge in [-0.15, -0.1) is 0 Å². The summed E-state index contributed by atoms with van der Waals surface area (Å²) < 4.78 is 1.99. The second-order valence-electron chi connectivity index (χ2n) is 5.77. The van der Waals surface area contributed by atoms with Crippen LogP contribution < -0.4 is 5.73 Å². The van der Waals surface area contributed by atoms with E-state index in [2.05, 4.69) is 30.9 Å². The van der Waals surface area contributed by atoms with Crippen molar-refractivity contribution in [2.75, 3.05) is 0 Å². The lowest BCUT2D eigenvalue weighted by molar-refractivity contribution is 0.381. The summed E-state index contributed by atoms with van der Waals surface area (Å²) in [4.78, 5) is 4.37. The third-order valence-electron chi connectivity index (χ3n) is 3.97. The van der Waals surface area contributed by atoms with Gasteiger partial charge in [0.1, 0.15) is 12.2 Å². The van der Waals surface area contributed by atoms with Crippen LogP contribution in [0.4, 0.5) is 0 Å². The van der Waals surface area contributed by atoms with E-state index in [9.17, 15) is 0 Å². The normalized spacial score (nSPS) is 29.1. The third-order valence-corrected chi connectivity index (χ3v) is 3.97. The minimum absolute atomic E-state index is 0.0552. The van der Waals surface area contributed by atoms with Crippen LogP contribution in [0.25, 0.3) is 0 Å². The summed E-state index contributed by atoms with van der Waals surface area (Å²) >= 11 is 0. The largest absolute Gasteiger partial charge is 0.325 e.